The van der Waals surface area contributed by atoms with E-state index < -0.39 is 41.1 Å². The molecule has 0 bridgehead atoms. The standard InChI is InChI=1S/C16H19F4NO3/c17-10-5-6-11(24-15(19)20)13(18)12(10)14(22)21-9-16(23)7-3-1-2-4-8-16/h5-6,15,23H,1-4,7-9H2,(H,21,22). The summed E-state index contributed by atoms with van der Waals surface area (Å²) < 4.78 is 56.1. The van der Waals surface area contributed by atoms with Crippen LogP contribution in [-0.2, 0) is 0 Å². The molecule has 0 aliphatic heterocycles. The maximum Gasteiger partial charge on any atom is 0.387 e. The molecule has 1 amide bonds. The number of carbonyl (C=O) groups excluding carboxylic acids is 1. The molecule has 8 heteroatoms. The van der Waals surface area contributed by atoms with Crippen molar-refractivity contribution in [2.24, 2.45) is 0 Å². The molecule has 0 radical (unpaired) electrons. The monoisotopic (exact) mass is 349 g/mol. The maximum atomic E-state index is 14.0. The first-order valence-corrected chi connectivity index (χ1v) is 7.76. The fourth-order valence-corrected chi connectivity index (χ4v) is 2.83. The van der Waals surface area contributed by atoms with Gasteiger partial charge in [-0.05, 0) is 25.0 Å². The topological polar surface area (TPSA) is 58.6 Å². The smallest absolute Gasteiger partial charge is 0.387 e. The van der Waals surface area contributed by atoms with Crippen LogP contribution >= 0.6 is 0 Å². The van der Waals surface area contributed by atoms with Gasteiger partial charge >= 0.3 is 6.61 Å². The van der Waals surface area contributed by atoms with Crippen LogP contribution < -0.4 is 10.1 Å². The van der Waals surface area contributed by atoms with Gasteiger partial charge in [0.05, 0.1) is 5.60 Å². The number of hydrogen-bond acceptors (Lipinski definition) is 3. The fourth-order valence-electron chi connectivity index (χ4n) is 2.83. The molecule has 0 unspecified atom stereocenters. The van der Waals surface area contributed by atoms with E-state index in [4.69, 9.17) is 0 Å². The highest BCUT2D eigenvalue weighted by atomic mass is 19.3. The molecule has 134 valence electrons. The van der Waals surface area contributed by atoms with Gasteiger partial charge in [0.2, 0.25) is 0 Å². The summed E-state index contributed by atoms with van der Waals surface area (Å²) in [7, 11) is 0. The van der Waals surface area contributed by atoms with E-state index in [1.807, 2.05) is 0 Å². The van der Waals surface area contributed by atoms with Crippen LogP contribution in [0.2, 0.25) is 0 Å². The molecule has 0 atom stereocenters. The number of benzene rings is 1. The summed E-state index contributed by atoms with van der Waals surface area (Å²) in [6.07, 6.45) is 4.51. The Morgan fingerprint density at radius 2 is 1.83 bits per heavy atom. The Morgan fingerprint density at radius 3 is 2.42 bits per heavy atom. The minimum absolute atomic E-state index is 0.162. The zero-order valence-corrected chi connectivity index (χ0v) is 13.0. The summed E-state index contributed by atoms with van der Waals surface area (Å²) in [5.41, 5.74) is -2.14. The van der Waals surface area contributed by atoms with E-state index in [1.165, 1.54) is 0 Å². The predicted octanol–water partition coefficient (Wildman–Crippen LogP) is 3.38. The van der Waals surface area contributed by atoms with Gasteiger partial charge in [0, 0.05) is 6.54 Å². The molecule has 2 N–H and O–H groups in total. The van der Waals surface area contributed by atoms with Gasteiger partial charge in [-0.2, -0.15) is 8.78 Å². The van der Waals surface area contributed by atoms with E-state index in [2.05, 4.69) is 10.1 Å². The van der Waals surface area contributed by atoms with Crippen molar-refractivity contribution in [3.05, 3.63) is 29.3 Å². The molecule has 2 rings (SSSR count). The third-order valence-electron chi connectivity index (χ3n) is 4.11. The Hall–Kier alpha value is -1.83. The van der Waals surface area contributed by atoms with Crippen molar-refractivity contribution in [3.8, 4) is 5.75 Å². The Bertz CT molecular complexity index is 587. The molecule has 0 aromatic heterocycles. The van der Waals surface area contributed by atoms with E-state index in [0.717, 1.165) is 25.7 Å². The minimum Gasteiger partial charge on any atom is -0.432 e. The molecular formula is C16H19F4NO3. The SMILES string of the molecule is O=C(NCC1(O)CCCCCC1)c1c(F)ccc(OC(F)F)c1F. The van der Waals surface area contributed by atoms with Gasteiger partial charge in [-0.15, -0.1) is 0 Å². The van der Waals surface area contributed by atoms with Crippen molar-refractivity contribution in [2.45, 2.75) is 50.7 Å². The average molecular weight is 349 g/mol. The summed E-state index contributed by atoms with van der Waals surface area (Å²) in [5.74, 6) is -4.73. The van der Waals surface area contributed by atoms with Gasteiger partial charge in [0.15, 0.2) is 11.6 Å². The first-order valence-electron chi connectivity index (χ1n) is 7.76. The van der Waals surface area contributed by atoms with Gasteiger partial charge in [-0.3, -0.25) is 4.79 Å². The molecule has 1 aromatic rings. The average Bonchev–Trinajstić information content (AvgIpc) is 2.73. The number of amides is 1. The molecule has 0 saturated heterocycles. The maximum absolute atomic E-state index is 14.0. The van der Waals surface area contributed by atoms with Crippen LogP contribution in [0.4, 0.5) is 17.6 Å². The number of aliphatic hydroxyl groups is 1. The molecule has 1 aliphatic rings. The van der Waals surface area contributed by atoms with Crippen LogP contribution in [0.1, 0.15) is 48.9 Å². The van der Waals surface area contributed by atoms with Crippen molar-refractivity contribution in [2.75, 3.05) is 6.54 Å². The predicted molar refractivity (Wildman–Crippen MR) is 78.0 cm³/mol. The number of carbonyl (C=O) groups is 1. The molecule has 0 spiro atoms. The Balaban J connectivity index is 2.11. The Kier molecular flexibility index (Phi) is 6.04. The zero-order chi connectivity index (χ0) is 17.7. The van der Waals surface area contributed by atoms with Gasteiger partial charge in [0.25, 0.3) is 5.91 Å². The molecular weight excluding hydrogens is 330 g/mol. The van der Waals surface area contributed by atoms with Crippen LogP contribution in [0.3, 0.4) is 0 Å². The number of rotatable bonds is 5. The lowest BCUT2D eigenvalue weighted by Gasteiger charge is -2.26. The van der Waals surface area contributed by atoms with E-state index in [1.54, 1.807) is 0 Å². The van der Waals surface area contributed by atoms with E-state index >= 15 is 0 Å². The van der Waals surface area contributed by atoms with Gasteiger partial charge in [-0.25, -0.2) is 8.78 Å². The first kappa shape index (κ1) is 18.5. The number of halogens is 4. The second kappa shape index (κ2) is 7.83. The molecule has 1 aromatic carbocycles. The highest BCUT2D eigenvalue weighted by molar-refractivity contribution is 5.95. The zero-order valence-electron chi connectivity index (χ0n) is 13.0. The van der Waals surface area contributed by atoms with Gasteiger partial charge < -0.3 is 15.2 Å². The van der Waals surface area contributed by atoms with Crippen LogP contribution in [0.5, 0.6) is 5.75 Å². The summed E-state index contributed by atoms with van der Waals surface area (Å²) in [6, 6.07) is 1.36. The lowest BCUT2D eigenvalue weighted by Crippen LogP contribution is -2.43. The van der Waals surface area contributed by atoms with E-state index in [9.17, 15) is 27.5 Å². The van der Waals surface area contributed by atoms with Crippen LogP contribution in [-0.4, -0.2) is 29.8 Å². The third kappa shape index (κ3) is 4.59. The lowest BCUT2D eigenvalue weighted by molar-refractivity contribution is -0.0523. The lowest BCUT2D eigenvalue weighted by atomic mass is 9.94. The minimum atomic E-state index is -3.30. The van der Waals surface area contributed by atoms with Gasteiger partial charge in [-0.1, -0.05) is 25.7 Å². The molecule has 24 heavy (non-hydrogen) atoms. The largest absolute Gasteiger partial charge is 0.432 e. The van der Waals surface area contributed by atoms with Crippen molar-refractivity contribution in [1.82, 2.24) is 5.32 Å². The van der Waals surface area contributed by atoms with Crippen LogP contribution in [0, 0.1) is 11.6 Å². The Morgan fingerprint density at radius 1 is 1.21 bits per heavy atom. The molecule has 4 nitrogen and oxygen atoms in total. The highest BCUT2D eigenvalue weighted by Gasteiger charge is 2.30. The number of nitrogens with one attached hydrogen (secondary N) is 1. The number of alkyl halides is 2. The number of hydrogen-bond donors (Lipinski definition) is 2. The van der Waals surface area contributed by atoms with E-state index in [-0.39, 0.29) is 6.54 Å². The normalized spacial score (nSPS) is 17.4. The van der Waals surface area contributed by atoms with Crippen molar-refractivity contribution >= 4 is 5.91 Å². The van der Waals surface area contributed by atoms with E-state index in [0.29, 0.717) is 25.0 Å². The molecule has 1 aliphatic carbocycles. The highest BCUT2D eigenvalue weighted by Crippen LogP contribution is 2.27. The third-order valence-corrected chi connectivity index (χ3v) is 4.11. The van der Waals surface area contributed by atoms with Crippen molar-refractivity contribution < 1.29 is 32.2 Å². The second-order valence-corrected chi connectivity index (χ2v) is 5.93. The summed E-state index contributed by atoms with van der Waals surface area (Å²) in [5, 5.41) is 12.7. The van der Waals surface area contributed by atoms with Crippen molar-refractivity contribution in [1.29, 1.82) is 0 Å². The summed E-state index contributed by atoms with van der Waals surface area (Å²) in [4.78, 5) is 12.0. The summed E-state index contributed by atoms with van der Waals surface area (Å²) >= 11 is 0. The fraction of sp³-hybridized carbons (Fsp3) is 0.562. The molecule has 1 fully saturated rings. The molecule has 1 saturated carbocycles. The van der Waals surface area contributed by atoms with Crippen LogP contribution in [0.15, 0.2) is 12.1 Å². The Labute approximate surface area is 136 Å². The first-order chi connectivity index (χ1) is 11.3. The van der Waals surface area contributed by atoms with Crippen LogP contribution in [0.25, 0.3) is 0 Å². The molecule has 0 heterocycles. The quantitative estimate of drug-likeness (QED) is 0.633. The van der Waals surface area contributed by atoms with Gasteiger partial charge in [0.1, 0.15) is 11.4 Å². The number of ether oxygens (including phenoxy) is 1. The van der Waals surface area contributed by atoms with Crippen molar-refractivity contribution in [3.63, 3.8) is 0 Å². The second-order valence-electron chi connectivity index (χ2n) is 5.93. The summed E-state index contributed by atoms with van der Waals surface area (Å²) in [6.45, 7) is -3.46.